The average molecular weight is 774 g/mol. The second-order valence-electron chi connectivity index (χ2n) is 18.8. The normalized spacial score (nSPS) is 30.4. The zero-order valence-corrected chi connectivity index (χ0v) is 38.1. The van der Waals surface area contributed by atoms with Crippen LogP contribution in [-0.2, 0) is 27.9 Å². The van der Waals surface area contributed by atoms with Gasteiger partial charge in [-0.15, -0.1) is 11.3 Å². The molecule has 7 nitrogen and oxygen atoms in total. The standard InChI is InChI=1S/C42H71NO6SSi2/c1-29-19-18-20-33-21-22-35(30(2)25-34-28-50-32(4)43-34)47-37(44)26-36(48-51(12,13)40(5,6)7)42(11,23-16-17-24-46-27-33)39(45)31(3)38(29)49-52(14,15)41(8,9)10/h16-17,21,25,28-29,31,35-36,38H,18-20,22-24,26-27H2,1-15H3/b17-16-,30-25+,33-21+/t29-,31-,35-,36-,38+,42-/m0/s1. The fourth-order valence-corrected chi connectivity index (χ4v) is 10.1. The molecule has 1 aromatic rings. The first-order chi connectivity index (χ1) is 23.9. The monoisotopic (exact) mass is 773 g/mol. The van der Waals surface area contributed by atoms with Gasteiger partial charge in [-0.3, -0.25) is 9.59 Å². The number of hydrogen-bond acceptors (Lipinski definition) is 8. The van der Waals surface area contributed by atoms with E-state index in [9.17, 15) is 4.79 Å². The number of aromatic nitrogens is 1. The number of Topliss-reactive ketones (excluding diaryl/α,β-unsaturated/α-hetero) is 1. The highest BCUT2D eigenvalue weighted by atomic mass is 32.1. The van der Waals surface area contributed by atoms with E-state index in [-0.39, 0.29) is 40.3 Å². The fourth-order valence-electron chi connectivity index (χ4n) is 6.65. The van der Waals surface area contributed by atoms with Crippen LogP contribution in [0, 0.1) is 24.2 Å². The molecule has 0 N–H and O–H groups in total. The maximum absolute atomic E-state index is 15.4. The number of ether oxygens (including phenoxy) is 2. The van der Waals surface area contributed by atoms with E-state index in [0.717, 1.165) is 35.5 Å². The van der Waals surface area contributed by atoms with Crippen LogP contribution in [-0.4, -0.2) is 64.9 Å². The van der Waals surface area contributed by atoms with Crippen LogP contribution in [0.15, 0.2) is 34.8 Å². The largest absolute Gasteiger partial charge is 0.457 e. The van der Waals surface area contributed by atoms with Crippen LogP contribution in [0.2, 0.25) is 36.3 Å². The Hall–Kier alpha value is -1.70. The summed E-state index contributed by atoms with van der Waals surface area (Å²) in [6.45, 7) is 33.6. The first-order valence-electron chi connectivity index (χ1n) is 19.5. The van der Waals surface area contributed by atoms with E-state index in [4.69, 9.17) is 18.3 Å². The second-order valence-corrected chi connectivity index (χ2v) is 29.4. The number of ketones is 1. The molecule has 294 valence electrons. The molecule has 3 heterocycles. The minimum atomic E-state index is -2.48. The van der Waals surface area contributed by atoms with Gasteiger partial charge in [0.2, 0.25) is 0 Å². The number of nitrogens with zero attached hydrogens (tertiary/aromatic N) is 1. The van der Waals surface area contributed by atoms with E-state index in [1.165, 1.54) is 5.57 Å². The molecule has 0 saturated carbocycles. The van der Waals surface area contributed by atoms with Gasteiger partial charge < -0.3 is 18.3 Å². The van der Waals surface area contributed by atoms with Crippen LogP contribution < -0.4 is 0 Å². The number of esters is 1. The summed E-state index contributed by atoms with van der Waals surface area (Å²) < 4.78 is 27.1. The van der Waals surface area contributed by atoms with Crippen LogP contribution in [0.3, 0.4) is 0 Å². The fraction of sp³-hybridized carbons (Fsp3) is 0.738. The van der Waals surface area contributed by atoms with Gasteiger partial charge in [0.05, 0.1) is 48.0 Å². The molecule has 2 aliphatic heterocycles. The van der Waals surface area contributed by atoms with E-state index in [2.05, 4.69) is 98.7 Å². The lowest BCUT2D eigenvalue weighted by molar-refractivity contribution is -0.154. The van der Waals surface area contributed by atoms with Crippen molar-refractivity contribution in [2.45, 2.75) is 169 Å². The Kier molecular flexibility index (Phi) is 15.3. The van der Waals surface area contributed by atoms with Gasteiger partial charge in [-0.1, -0.05) is 73.6 Å². The Morgan fingerprint density at radius 2 is 1.65 bits per heavy atom. The lowest BCUT2D eigenvalue weighted by Crippen LogP contribution is -2.55. The van der Waals surface area contributed by atoms with Crippen molar-refractivity contribution in [1.29, 1.82) is 0 Å². The maximum atomic E-state index is 15.4. The molecule has 0 saturated heterocycles. The number of cyclic esters (lactones) is 1. The predicted molar refractivity (Wildman–Crippen MR) is 222 cm³/mol. The number of hydrogen-bond donors (Lipinski definition) is 0. The summed E-state index contributed by atoms with van der Waals surface area (Å²) in [4.78, 5) is 34.3. The van der Waals surface area contributed by atoms with Crippen molar-refractivity contribution in [3.05, 3.63) is 45.5 Å². The molecule has 2 bridgehead atoms. The molecule has 0 aromatic carbocycles. The number of thiazole rings is 1. The van der Waals surface area contributed by atoms with E-state index in [1.54, 1.807) is 11.3 Å². The highest BCUT2D eigenvalue weighted by Crippen LogP contribution is 2.46. The van der Waals surface area contributed by atoms with Crippen molar-refractivity contribution in [1.82, 2.24) is 4.98 Å². The Labute approximate surface area is 322 Å². The zero-order valence-electron chi connectivity index (χ0n) is 35.2. The van der Waals surface area contributed by atoms with Gasteiger partial charge in [-0.2, -0.15) is 0 Å². The third-order valence-electron chi connectivity index (χ3n) is 12.4. The van der Waals surface area contributed by atoms with Crippen molar-refractivity contribution in [3.63, 3.8) is 0 Å². The minimum Gasteiger partial charge on any atom is -0.457 e. The van der Waals surface area contributed by atoms with Crippen molar-refractivity contribution >= 4 is 45.8 Å². The van der Waals surface area contributed by atoms with E-state index in [0.29, 0.717) is 26.1 Å². The molecule has 0 unspecified atom stereocenters. The molecule has 0 radical (unpaired) electrons. The van der Waals surface area contributed by atoms with Crippen molar-refractivity contribution in [3.8, 4) is 0 Å². The third-order valence-corrected chi connectivity index (χ3v) is 22.1. The molecule has 10 heteroatoms. The molecular formula is C42H71NO6SSi2. The Balaban J connectivity index is 2.25. The molecule has 0 aliphatic carbocycles. The summed E-state index contributed by atoms with van der Waals surface area (Å²) in [6.07, 6.45) is 10.5. The predicted octanol–water partition coefficient (Wildman–Crippen LogP) is 11.3. The van der Waals surface area contributed by atoms with E-state index >= 15 is 4.79 Å². The minimum absolute atomic E-state index is 0.0120. The maximum Gasteiger partial charge on any atom is 0.309 e. The van der Waals surface area contributed by atoms with Crippen LogP contribution in [0.4, 0.5) is 0 Å². The van der Waals surface area contributed by atoms with Crippen molar-refractivity contribution < 1.29 is 27.9 Å². The summed E-state index contributed by atoms with van der Waals surface area (Å²) in [5, 5.41) is 2.87. The van der Waals surface area contributed by atoms with Crippen molar-refractivity contribution in [2.24, 2.45) is 17.3 Å². The van der Waals surface area contributed by atoms with Gasteiger partial charge in [0.15, 0.2) is 16.6 Å². The molecule has 6 atom stereocenters. The molecule has 0 fully saturated rings. The molecule has 2 aliphatic rings. The van der Waals surface area contributed by atoms with Crippen LogP contribution in [0.5, 0.6) is 0 Å². The summed E-state index contributed by atoms with van der Waals surface area (Å²) in [5.74, 6) is -0.536. The van der Waals surface area contributed by atoms with Gasteiger partial charge in [0.1, 0.15) is 11.9 Å². The highest BCUT2D eigenvalue weighted by Gasteiger charge is 2.51. The average Bonchev–Trinajstić information content (AvgIpc) is 3.43. The van der Waals surface area contributed by atoms with Crippen LogP contribution in [0.1, 0.15) is 118 Å². The summed E-state index contributed by atoms with van der Waals surface area (Å²) >= 11 is 1.60. The van der Waals surface area contributed by atoms with Gasteiger partial charge in [0.25, 0.3) is 0 Å². The number of rotatable bonds is 6. The highest BCUT2D eigenvalue weighted by molar-refractivity contribution is 7.09. The lowest BCUT2D eigenvalue weighted by atomic mass is 9.69. The van der Waals surface area contributed by atoms with E-state index in [1.807, 2.05) is 38.3 Å². The van der Waals surface area contributed by atoms with Gasteiger partial charge in [-0.25, -0.2) is 4.98 Å². The van der Waals surface area contributed by atoms with Crippen LogP contribution in [0.25, 0.3) is 6.08 Å². The quantitative estimate of drug-likeness (QED) is 0.162. The van der Waals surface area contributed by atoms with E-state index < -0.39 is 40.2 Å². The Bertz CT molecular complexity index is 1460. The summed E-state index contributed by atoms with van der Waals surface area (Å²) in [7, 11) is -4.73. The van der Waals surface area contributed by atoms with Crippen LogP contribution >= 0.6 is 11.3 Å². The number of carbonyl (C=O) groups excluding carboxylic acids is 2. The Morgan fingerprint density at radius 3 is 2.25 bits per heavy atom. The first kappa shape index (κ1) is 44.7. The first-order valence-corrected chi connectivity index (χ1v) is 26.2. The number of aryl methyl sites for hydroxylation is 1. The second kappa shape index (κ2) is 17.8. The molecular weight excluding hydrogens is 703 g/mol. The van der Waals surface area contributed by atoms with Crippen molar-refractivity contribution in [2.75, 3.05) is 13.2 Å². The SMILES string of the molecule is C/C(=C\c1csc(C)n1)[C@@H]1C/C=C2\CCC[C@H](C)[C@@H](O[Si](C)(C)C(C)(C)C)[C@H](C)C(=O)[C@@](C)(C/C=C\COC2)[C@@H](O[Si](C)(C)C(C)(C)C)CC(=O)O1. The van der Waals surface area contributed by atoms with Gasteiger partial charge in [0, 0.05) is 17.7 Å². The van der Waals surface area contributed by atoms with Gasteiger partial charge in [-0.05, 0) is 106 Å². The molecule has 52 heavy (non-hydrogen) atoms. The molecule has 3 rings (SSSR count). The summed E-state index contributed by atoms with van der Waals surface area (Å²) in [5.41, 5.74) is 1.96. The number of fused-ring (bicyclic) bond motifs is 6. The smallest absolute Gasteiger partial charge is 0.309 e. The molecule has 0 spiro atoms. The summed E-state index contributed by atoms with van der Waals surface area (Å²) in [6, 6.07) is 0. The topological polar surface area (TPSA) is 84.0 Å². The zero-order chi connectivity index (χ0) is 39.3. The molecule has 0 amide bonds. The number of carbonyl (C=O) groups is 2. The van der Waals surface area contributed by atoms with Gasteiger partial charge >= 0.3 is 5.97 Å². The Morgan fingerprint density at radius 1 is 1.02 bits per heavy atom. The lowest BCUT2D eigenvalue weighted by Gasteiger charge is -2.47. The third kappa shape index (κ3) is 11.7. The number of allylic oxidation sites excluding steroid dienone is 1. The molecule has 1 aromatic heterocycles.